The number of nitrogens with zero attached hydrogens (tertiary/aromatic N) is 1. The largest absolute Gasteiger partial charge is 0.352 e. The lowest BCUT2D eigenvalue weighted by atomic mass is 10.2. The van der Waals surface area contributed by atoms with Gasteiger partial charge in [-0.25, -0.2) is 17.8 Å². The van der Waals surface area contributed by atoms with Crippen molar-refractivity contribution in [2.75, 3.05) is 11.3 Å². The van der Waals surface area contributed by atoms with Crippen molar-refractivity contribution in [2.24, 2.45) is 0 Å². The third-order valence-electron chi connectivity index (χ3n) is 4.29. The molecule has 0 saturated heterocycles. The van der Waals surface area contributed by atoms with Gasteiger partial charge in [-0.05, 0) is 74.7 Å². The number of hydrogen-bond acceptors (Lipinski definition) is 5. The van der Waals surface area contributed by atoms with Gasteiger partial charge in [0, 0.05) is 28.9 Å². The number of carbonyl (C=O) groups is 1. The van der Waals surface area contributed by atoms with Crippen LogP contribution in [0.5, 0.6) is 0 Å². The number of aryl methyl sites for hydroxylation is 2. The standard InChI is InChI=1S/C21H22FN3O3S2/c1-15-14-29-20(24-15)4-2-3-13-23-21(26)16-5-9-18(10-6-16)25-30(27,28)19-11-7-17(22)8-12-19/h5-12,14,25H,2-4,13H2,1H3,(H,23,26). The number of aromatic nitrogens is 1. The van der Waals surface area contributed by atoms with Crippen LogP contribution in [0.2, 0.25) is 0 Å². The van der Waals surface area contributed by atoms with Crippen molar-refractivity contribution in [3.8, 4) is 0 Å². The second kappa shape index (κ2) is 9.82. The van der Waals surface area contributed by atoms with Crippen molar-refractivity contribution in [1.82, 2.24) is 10.3 Å². The Bertz CT molecular complexity index is 1100. The van der Waals surface area contributed by atoms with Crippen LogP contribution in [0.1, 0.15) is 33.9 Å². The number of carbonyl (C=O) groups excluding carboxylic acids is 1. The van der Waals surface area contributed by atoms with Gasteiger partial charge in [-0.3, -0.25) is 9.52 Å². The first-order valence-electron chi connectivity index (χ1n) is 9.41. The summed E-state index contributed by atoms with van der Waals surface area (Å²) in [5.74, 6) is -0.726. The Hall–Kier alpha value is -2.78. The highest BCUT2D eigenvalue weighted by Gasteiger charge is 2.14. The molecule has 0 aliphatic heterocycles. The van der Waals surface area contributed by atoms with Gasteiger partial charge in [0.1, 0.15) is 5.82 Å². The van der Waals surface area contributed by atoms with Crippen LogP contribution in [-0.2, 0) is 16.4 Å². The second-order valence-corrected chi connectivity index (χ2v) is 9.36. The zero-order valence-corrected chi connectivity index (χ0v) is 18.0. The van der Waals surface area contributed by atoms with E-state index in [2.05, 4.69) is 15.0 Å². The number of rotatable bonds is 9. The molecule has 2 aromatic carbocycles. The second-order valence-electron chi connectivity index (χ2n) is 6.73. The Morgan fingerprint density at radius 1 is 1.07 bits per heavy atom. The first-order valence-corrected chi connectivity index (χ1v) is 11.8. The number of anilines is 1. The van der Waals surface area contributed by atoms with Crippen molar-refractivity contribution in [1.29, 1.82) is 0 Å². The Morgan fingerprint density at radius 2 is 1.77 bits per heavy atom. The van der Waals surface area contributed by atoms with Crippen LogP contribution in [-0.4, -0.2) is 25.9 Å². The van der Waals surface area contributed by atoms with Crippen LogP contribution >= 0.6 is 11.3 Å². The van der Waals surface area contributed by atoms with Gasteiger partial charge in [0.15, 0.2) is 0 Å². The summed E-state index contributed by atoms with van der Waals surface area (Å²) in [5, 5.41) is 6.00. The van der Waals surface area contributed by atoms with Gasteiger partial charge in [0.2, 0.25) is 0 Å². The Balaban J connectivity index is 1.47. The van der Waals surface area contributed by atoms with Gasteiger partial charge in [-0.2, -0.15) is 0 Å². The van der Waals surface area contributed by atoms with Crippen molar-refractivity contribution in [3.05, 3.63) is 76.0 Å². The van der Waals surface area contributed by atoms with Crippen LogP contribution in [0.25, 0.3) is 0 Å². The molecule has 0 aliphatic rings. The molecule has 0 radical (unpaired) electrons. The lowest BCUT2D eigenvalue weighted by Crippen LogP contribution is -2.24. The quantitative estimate of drug-likeness (QED) is 0.483. The molecule has 30 heavy (non-hydrogen) atoms. The van der Waals surface area contributed by atoms with Crippen molar-refractivity contribution in [3.63, 3.8) is 0 Å². The van der Waals surface area contributed by atoms with Gasteiger partial charge in [0.05, 0.1) is 9.90 Å². The third kappa shape index (κ3) is 6.11. The predicted molar refractivity (Wildman–Crippen MR) is 116 cm³/mol. The normalized spacial score (nSPS) is 11.3. The average Bonchev–Trinajstić information content (AvgIpc) is 3.13. The molecule has 0 bridgehead atoms. The summed E-state index contributed by atoms with van der Waals surface area (Å²) >= 11 is 1.65. The molecule has 2 N–H and O–H groups in total. The minimum absolute atomic E-state index is 0.0429. The van der Waals surface area contributed by atoms with Crippen LogP contribution in [0.15, 0.2) is 58.8 Å². The summed E-state index contributed by atoms with van der Waals surface area (Å²) in [5.41, 5.74) is 1.79. The average molecular weight is 448 g/mol. The van der Waals surface area contributed by atoms with Gasteiger partial charge in [0.25, 0.3) is 15.9 Å². The Morgan fingerprint density at radius 3 is 2.40 bits per heavy atom. The molecule has 1 heterocycles. The van der Waals surface area contributed by atoms with Gasteiger partial charge >= 0.3 is 0 Å². The number of hydrogen-bond donors (Lipinski definition) is 2. The fourth-order valence-corrected chi connectivity index (χ4v) is 4.62. The summed E-state index contributed by atoms with van der Waals surface area (Å²) in [6.45, 7) is 2.53. The van der Waals surface area contributed by atoms with E-state index in [0.29, 0.717) is 17.8 Å². The van der Waals surface area contributed by atoms with Gasteiger partial charge < -0.3 is 5.32 Å². The van der Waals surface area contributed by atoms with E-state index in [1.807, 2.05) is 12.3 Å². The maximum absolute atomic E-state index is 13.0. The maximum atomic E-state index is 13.0. The molecule has 0 spiro atoms. The molecule has 0 aliphatic carbocycles. The molecule has 158 valence electrons. The number of amides is 1. The van der Waals surface area contributed by atoms with E-state index in [1.165, 1.54) is 24.3 Å². The van der Waals surface area contributed by atoms with Gasteiger partial charge in [-0.15, -0.1) is 11.3 Å². The molecule has 0 unspecified atom stereocenters. The SMILES string of the molecule is Cc1csc(CCCCNC(=O)c2ccc(NS(=O)(=O)c3ccc(F)cc3)cc2)n1. The fraction of sp³-hybridized carbons (Fsp3) is 0.238. The number of benzene rings is 2. The van der Waals surface area contributed by atoms with E-state index < -0.39 is 15.8 Å². The molecule has 3 rings (SSSR count). The summed E-state index contributed by atoms with van der Waals surface area (Å²) in [4.78, 5) is 16.6. The van der Waals surface area contributed by atoms with E-state index in [1.54, 1.807) is 23.5 Å². The molecule has 3 aromatic rings. The molecule has 0 fully saturated rings. The molecular formula is C21H22FN3O3S2. The van der Waals surface area contributed by atoms with E-state index in [0.717, 1.165) is 42.1 Å². The summed E-state index contributed by atoms with van der Waals surface area (Å²) in [6, 6.07) is 10.7. The summed E-state index contributed by atoms with van der Waals surface area (Å²) < 4.78 is 40.0. The smallest absolute Gasteiger partial charge is 0.261 e. The molecular weight excluding hydrogens is 425 g/mol. The van der Waals surface area contributed by atoms with E-state index in [-0.39, 0.29) is 10.8 Å². The number of unbranched alkanes of at least 4 members (excludes halogenated alkanes) is 1. The first-order chi connectivity index (χ1) is 14.3. The topological polar surface area (TPSA) is 88.2 Å². The number of nitrogens with one attached hydrogen (secondary N) is 2. The highest BCUT2D eigenvalue weighted by molar-refractivity contribution is 7.92. The van der Waals surface area contributed by atoms with E-state index in [4.69, 9.17) is 0 Å². The molecule has 0 saturated carbocycles. The predicted octanol–water partition coefficient (Wildman–Crippen LogP) is 4.14. The monoisotopic (exact) mass is 447 g/mol. The molecule has 6 nitrogen and oxygen atoms in total. The Labute approximate surface area is 179 Å². The lowest BCUT2D eigenvalue weighted by Gasteiger charge is -2.09. The highest BCUT2D eigenvalue weighted by Crippen LogP contribution is 2.17. The fourth-order valence-electron chi connectivity index (χ4n) is 2.74. The van der Waals surface area contributed by atoms with Crippen molar-refractivity contribution >= 4 is 33.0 Å². The number of thiazole rings is 1. The molecule has 9 heteroatoms. The van der Waals surface area contributed by atoms with Crippen molar-refractivity contribution in [2.45, 2.75) is 31.1 Å². The lowest BCUT2D eigenvalue weighted by molar-refractivity contribution is 0.0953. The molecule has 1 amide bonds. The maximum Gasteiger partial charge on any atom is 0.261 e. The summed E-state index contributed by atoms with van der Waals surface area (Å²) in [6.07, 6.45) is 2.69. The zero-order chi connectivity index (χ0) is 21.6. The number of sulfonamides is 1. The summed E-state index contributed by atoms with van der Waals surface area (Å²) in [7, 11) is -3.83. The molecule has 1 aromatic heterocycles. The highest BCUT2D eigenvalue weighted by atomic mass is 32.2. The first kappa shape index (κ1) is 21.9. The van der Waals surface area contributed by atoms with Crippen LogP contribution in [0, 0.1) is 12.7 Å². The van der Waals surface area contributed by atoms with Crippen molar-refractivity contribution < 1.29 is 17.6 Å². The third-order valence-corrected chi connectivity index (χ3v) is 6.72. The number of halogens is 1. The molecule has 0 atom stereocenters. The van der Waals surface area contributed by atoms with E-state index in [9.17, 15) is 17.6 Å². The minimum atomic E-state index is -3.83. The Kier molecular flexibility index (Phi) is 7.17. The van der Waals surface area contributed by atoms with E-state index >= 15 is 0 Å². The zero-order valence-electron chi connectivity index (χ0n) is 16.4. The van der Waals surface area contributed by atoms with Crippen LogP contribution < -0.4 is 10.0 Å². The van der Waals surface area contributed by atoms with Crippen LogP contribution in [0.3, 0.4) is 0 Å². The minimum Gasteiger partial charge on any atom is -0.352 e. The van der Waals surface area contributed by atoms with Crippen LogP contribution in [0.4, 0.5) is 10.1 Å². The van der Waals surface area contributed by atoms with Gasteiger partial charge in [-0.1, -0.05) is 0 Å².